The molecule has 0 radical (unpaired) electrons. The number of nitrogens with two attached hydrogens (primary N) is 1. The summed E-state index contributed by atoms with van der Waals surface area (Å²) in [5.74, 6) is 0.0729. The summed E-state index contributed by atoms with van der Waals surface area (Å²) in [4.78, 5) is 16.4. The Bertz CT molecular complexity index is 1010. The van der Waals surface area contributed by atoms with Crippen LogP contribution in [-0.2, 0) is 0 Å². The number of rotatable bonds is 5. The molecular weight excluding hydrogens is 407 g/mol. The highest BCUT2D eigenvalue weighted by molar-refractivity contribution is 7.22. The molecule has 3 rings (SSSR count). The molecule has 6 nitrogen and oxygen atoms in total. The molecule has 0 fully saturated rings. The predicted molar refractivity (Wildman–Crippen MR) is 111 cm³/mol. The highest BCUT2D eigenvalue weighted by Gasteiger charge is 2.11. The van der Waals surface area contributed by atoms with Crippen LogP contribution < -0.4 is 15.9 Å². The van der Waals surface area contributed by atoms with E-state index in [0.717, 1.165) is 10.2 Å². The molecule has 9 heteroatoms. The second-order valence-electron chi connectivity index (χ2n) is 5.91. The highest BCUT2D eigenvalue weighted by Crippen LogP contribution is 2.34. The number of nitrogens with one attached hydrogen (secondary N) is 1. The largest absolute Gasteiger partial charge is 0.488 e. The standard InChI is InChI=1S/C18H16Cl2N4O2S/c1-9(2)26-16-12(19)5-10(6-13(16)20)8-22-24-17(25)11-3-4-14-15(7-11)27-18(21)23-14/h3-9H,1-2H3,(H2,21,23)(H,24,25)/b22-8-. The fourth-order valence-electron chi connectivity index (χ4n) is 2.32. The summed E-state index contributed by atoms with van der Waals surface area (Å²) in [7, 11) is 0. The minimum Gasteiger partial charge on any atom is -0.488 e. The van der Waals surface area contributed by atoms with Crippen LogP contribution in [0, 0.1) is 0 Å². The quantitative estimate of drug-likeness (QED) is 0.458. The van der Waals surface area contributed by atoms with Gasteiger partial charge in [-0.05, 0) is 49.7 Å². The lowest BCUT2D eigenvalue weighted by atomic mass is 10.2. The number of halogens is 2. The van der Waals surface area contributed by atoms with Gasteiger partial charge in [-0.25, -0.2) is 10.4 Å². The third-order valence-electron chi connectivity index (χ3n) is 3.42. The summed E-state index contributed by atoms with van der Waals surface area (Å²) in [5.41, 5.74) is 9.99. The summed E-state index contributed by atoms with van der Waals surface area (Å²) in [6, 6.07) is 8.45. The predicted octanol–water partition coefficient (Wildman–Crippen LogP) is 4.74. The number of ether oxygens (including phenoxy) is 1. The molecule has 0 saturated heterocycles. The first-order chi connectivity index (χ1) is 12.8. The first kappa shape index (κ1) is 19.4. The second kappa shape index (κ2) is 8.12. The van der Waals surface area contributed by atoms with Gasteiger partial charge in [0, 0.05) is 5.56 Å². The summed E-state index contributed by atoms with van der Waals surface area (Å²) in [6.07, 6.45) is 1.41. The molecular formula is C18H16Cl2N4O2S. The molecule has 140 valence electrons. The maximum absolute atomic E-state index is 12.3. The van der Waals surface area contributed by atoms with Crippen molar-refractivity contribution in [2.75, 3.05) is 5.73 Å². The molecule has 1 aromatic heterocycles. The number of fused-ring (bicyclic) bond motifs is 1. The summed E-state index contributed by atoms with van der Waals surface area (Å²) in [5, 5.41) is 5.16. The van der Waals surface area contributed by atoms with Crippen LogP contribution in [-0.4, -0.2) is 23.2 Å². The van der Waals surface area contributed by atoms with Crippen molar-refractivity contribution in [3.8, 4) is 5.75 Å². The van der Waals surface area contributed by atoms with E-state index in [1.165, 1.54) is 17.6 Å². The van der Waals surface area contributed by atoms with Gasteiger partial charge in [0.05, 0.1) is 32.6 Å². The molecule has 0 saturated carbocycles. The lowest BCUT2D eigenvalue weighted by Gasteiger charge is -2.13. The highest BCUT2D eigenvalue weighted by atomic mass is 35.5. The number of amides is 1. The molecule has 27 heavy (non-hydrogen) atoms. The molecule has 2 aromatic carbocycles. The Morgan fingerprint density at radius 3 is 2.67 bits per heavy atom. The Morgan fingerprint density at radius 1 is 1.30 bits per heavy atom. The van der Waals surface area contributed by atoms with Crippen LogP contribution in [0.15, 0.2) is 35.4 Å². The first-order valence-corrected chi connectivity index (χ1v) is 9.56. The minimum atomic E-state index is -0.350. The number of nitrogens with zero attached hydrogens (tertiary/aromatic N) is 2. The monoisotopic (exact) mass is 422 g/mol. The van der Waals surface area contributed by atoms with Crippen LogP contribution >= 0.6 is 34.5 Å². The number of thiazole rings is 1. The van der Waals surface area contributed by atoms with Gasteiger partial charge < -0.3 is 10.5 Å². The second-order valence-corrected chi connectivity index (χ2v) is 7.79. The zero-order valence-electron chi connectivity index (χ0n) is 14.5. The smallest absolute Gasteiger partial charge is 0.271 e. The Hall–Kier alpha value is -2.35. The topological polar surface area (TPSA) is 89.6 Å². The molecule has 0 aliphatic heterocycles. The van der Waals surface area contributed by atoms with Gasteiger partial charge in [-0.2, -0.15) is 5.10 Å². The Balaban J connectivity index is 1.71. The van der Waals surface area contributed by atoms with Gasteiger partial charge >= 0.3 is 0 Å². The van der Waals surface area contributed by atoms with Crippen LogP contribution in [0.3, 0.4) is 0 Å². The van der Waals surface area contributed by atoms with E-state index in [2.05, 4.69) is 15.5 Å². The zero-order valence-corrected chi connectivity index (χ0v) is 16.8. The maximum Gasteiger partial charge on any atom is 0.271 e. The Labute approximate surface area is 169 Å². The van der Waals surface area contributed by atoms with Gasteiger partial charge in [-0.1, -0.05) is 34.5 Å². The minimum absolute atomic E-state index is 0.0509. The van der Waals surface area contributed by atoms with Gasteiger partial charge in [-0.3, -0.25) is 4.79 Å². The SMILES string of the molecule is CC(C)Oc1c(Cl)cc(/C=N\NC(=O)c2ccc3nc(N)sc3c2)cc1Cl. The maximum atomic E-state index is 12.3. The summed E-state index contributed by atoms with van der Waals surface area (Å²) in [6.45, 7) is 3.77. The third kappa shape index (κ3) is 4.68. The van der Waals surface area contributed by atoms with Crippen LogP contribution in [0.1, 0.15) is 29.8 Å². The van der Waals surface area contributed by atoms with Crippen LogP contribution in [0.5, 0.6) is 5.75 Å². The number of aromatic nitrogens is 1. The van der Waals surface area contributed by atoms with Gasteiger partial charge in [0.2, 0.25) is 0 Å². The average Bonchev–Trinajstić information content (AvgIpc) is 2.97. The van der Waals surface area contributed by atoms with E-state index in [1.54, 1.807) is 30.3 Å². The van der Waals surface area contributed by atoms with Crippen molar-refractivity contribution < 1.29 is 9.53 Å². The van der Waals surface area contributed by atoms with E-state index in [9.17, 15) is 4.79 Å². The normalized spacial score (nSPS) is 11.4. The lowest BCUT2D eigenvalue weighted by Crippen LogP contribution is -2.17. The molecule has 1 amide bonds. The average molecular weight is 423 g/mol. The van der Waals surface area contributed by atoms with Crippen molar-refractivity contribution in [1.82, 2.24) is 10.4 Å². The molecule has 0 aliphatic rings. The van der Waals surface area contributed by atoms with E-state index >= 15 is 0 Å². The van der Waals surface area contributed by atoms with Gasteiger partial charge in [-0.15, -0.1) is 0 Å². The summed E-state index contributed by atoms with van der Waals surface area (Å²) >= 11 is 13.7. The van der Waals surface area contributed by atoms with Crippen molar-refractivity contribution in [3.05, 3.63) is 51.5 Å². The number of carbonyl (C=O) groups is 1. The first-order valence-electron chi connectivity index (χ1n) is 7.98. The van der Waals surface area contributed by atoms with E-state index < -0.39 is 0 Å². The number of benzene rings is 2. The molecule has 0 unspecified atom stereocenters. The Kier molecular flexibility index (Phi) is 5.84. The number of hydrazone groups is 1. The van der Waals surface area contributed by atoms with Gasteiger partial charge in [0.1, 0.15) is 0 Å². The number of hydrogen-bond donors (Lipinski definition) is 2. The molecule has 0 aliphatic carbocycles. The zero-order chi connectivity index (χ0) is 19.6. The molecule has 3 aromatic rings. The number of hydrogen-bond acceptors (Lipinski definition) is 6. The third-order valence-corrected chi connectivity index (χ3v) is 4.83. The molecule has 0 spiro atoms. The fraction of sp³-hybridized carbons (Fsp3) is 0.167. The van der Waals surface area contributed by atoms with E-state index in [1.807, 2.05) is 13.8 Å². The number of nitrogen functional groups attached to an aromatic ring is 1. The van der Waals surface area contributed by atoms with Crippen molar-refractivity contribution in [2.24, 2.45) is 5.10 Å². The molecule has 0 bridgehead atoms. The number of anilines is 1. The Morgan fingerprint density at radius 2 is 2.00 bits per heavy atom. The van der Waals surface area contributed by atoms with Crippen molar-refractivity contribution in [1.29, 1.82) is 0 Å². The van der Waals surface area contributed by atoms with Crippen LogP contribution in [0.4, 0.5) is 5.13 Å². The van der Waals surface area contributed by atoms with E-state index in [4.69, 9.17) is 33.7 Å². The van der Waals surface area contributed by atoms with Crippen molar-refractivity contribution in [3.63, 3.8) is 0 Å². The summed E-state index contributed by atoms with van der Waals surface area (Å²) < 4.78 is 6.41. The van der Waals surface area contributed by atoms with Crippen LogP contribution in [0.25, 0.3) is 10.2 Å². The van der Waals surface area contributed by atoms with Crippen molar-refractivity contribution in [2.45, 2.75) is 20.0 Å². The van der Waals surface area contributed by atoms with Gasteiger partial charge in [0.25, 0.3) is 5.91 Å². The van der Waals surface area contributed by atoms with E-state index in [-0.39, 0.29) is 12.0 Å². The molecule has 1 heterocycles. The van der Waals surface area contributed by atoms with E-state index in [0.29, 0.717) is 32.1 Å². The molecule has 3 N–H and O–H groups in total. The number of carbonyl (C=O) groups excluding carboxylic acids is 1. The van der Waals surface area contributed by atoms with Crippen LogP contribution in [0.2, 0.25) is 10.0 Å². The fourth-order valence-corrected chi connectivity index (χ4v) is 3.68. The van der Waals surface area contributed by atoms with Gasteiger partial charge in [0.15, 0.2) is 10.9 Å². The molecule has 0 atom stereocenters. The van der Waals surface area contributed by atoms with Crippen molar-refractivity contribution >= 4 is 62.0 Å². The lowest BCUT2D eigenvalue weighted by molar-refractivity contribution is 0.0955.